The molecule has 0 amide bonds. The fourth-order valence-corrected chi connectivity index (χ4v) is 5.05. The third-order valence-electron chi connectivity index (χ3n) is 5.79. The second-order valence-corrected chi connectivity index (χ2v) is 10.2. The molecule has 0 radical (unpaired) electrons. The van der Waals surface area contributed by atoms with Gasteiger partial charge in [-0.05, 0) is 66.5 Å². The van der Waals surface area contributed by atoms with Crippen molar-refractivity contribution in [3.63, 3.8) is 0 Å². The van der Waals surface area contributed by atoms with E-state index in [1.54, 1.807) is 0 Å². The predicted molar refractivity (Wildman–Crippen MR) is 119 cm³/mol. The van der Waals surface area contributed by atoms with Crippen molar-refractivity contribution in [3.05, 3.63) is 70.3 Å². The van der Waals surface area contributed by atoms with Gasteiger partial charge in [0.15, 0.2) is 0 Å². The maximum absolute atomic E-state index is 13.6. The van der Waals surface area contributed by atoms with Gasteiger partial charge in [0.25, 0.3) is 0 Å². The summed E-state index contributed by atoms with van der Waals surface area (Å²) in [5.41, 5.74) is 10.6. The summed E-state index contributed by atoms with van der Waals surface area (Å²) in [5, 5.41) is 3.50. The summed E-state index contributed by atoms with van der Waals surface area (Å²) in [5.74, 6) is -1.41. The first-order valence-corrected chi connectivity index (χ1v) is 12.6. The zero-order valence-corrected chi connectivity index (χ0v) is 18.8. The SMILES string of the molecule is CCc1ccc2c(c1)[C@@H](NC[C@@H](N)[C@H](Cc1cc(F)cc(F)c1)NS(C)(=O)=O)CCC2. The summed E-state index contributed by atoms with van der Waals surface area (Å²) in [7, 11) is -3.55. The number of nitrogens with two attached hydrogens (primary N) is 1. The Balaban J connectivity index is 1.73. The minimum absolute atomic E-state index is 0.0891. The van der Waals surface area contributed by atoms with Gasteiger partial charge < -0.3 is 11.1 Å². The molecule has 4 N–H and O–H groups in total. The monoisotopic (exact) mass is 451 g/mol. The van der Waals surface area contributed by atoms with Crippen LogP contribution in [0.1, 0.15) is 48.1 Å². The molecule has 0 aliphatic heterocycles. The number of halogens is 2. The summed E-state index contributed by atoms with van der Waals surface area (Å²) in [6.07, 6.45) is 5.20. The van der Waals surface area contributed by atoms with Crippen LogP contribution in [-0.2, 0) is 29.3 Å². The van der Waals surface area contributed by atoms with E-state index in [0.717, 1.165) is 38.0 Å². The molecule has 0 spiro atoms. The maximum Gasteiger partial charge on any atom is 0.209 e. The lowest BCUT2D eigenvalue weighted by Gasteiger charge is -2.30. The van der Waals surface area contributed by atoms with Crippen LogP contribution >= 0.6 is 0 Å². The lowest BCUT2D eigenvalue weighted by molar-refractivity contribution is 0.398. The highest BCUT2D eigenvalue weighted by Gasteiger charge is 2.25. The smallest absolute Gasteiger partial charge is 0.209 e. The highest BCUT2D eigenvalue weighted by Crippen LogP contribution is 2.30. The Bertz CT molecular complexity index is 994. The van der Waals surface area contributed by atoms with Gasteiger partial charge in [0.1, 0.15) is 11.6 Å². The van der Waals surface area contributed by atoms with Crippen LogP contribution in [0.2, 0.25) is 0 Å². The average molecular weight is 452 g/mol. The standard InChI is InChI=1S/C23H31F2N3O2S/c1-3-15-7-8-17-5-4-6-22(20(17)11-15)27-14-21(26)23(28-31(2,29)30)12-16-9-18(24)13-19(25)10-16/h7-11,13,21-23,27-28H,3-6,12,14,26H2,1-2H3/t21-,22+,23+/m1/s1. The first-order valence-electron chi connectivity index (χ1n) is 10.7. The molecule has 0 heterocycles. The zero-order chi connectivity index (χ0) is 22.6. The number of hydrogen-bond acceptors (Lipinski definition) is 4. The molecule has 0 saturated carbocycles. The Kier molecular flexibility index (Phi) is 7.80. The van der Waals surface area contributed by atoms with Crippen molar-refractivity contribution < 1.29 is 17.2 Å². The van der Waals surface area contributed by atoms with Crippen LogP contribution in [0.4, 0.5) is 8.78 Å². The van der Waals surface area contributed by atoms with E-state index in [0.29, 0.717) is 12.1 Å². The summed E-state index contributed by atoms with van der Waals surface area (Å²) < 4.78 is 53.5. The Morgan fingerprint density at radius 3 is 2.48 bits per heavy atom. The number of rotatable bonds is 9. The summed E-state index contributed by atoms with van der Waals surface area (Å²) in [6.45, 7) is 2.49. The number of benzene rings is 2. The van der Waals surface area contributed by atoms with Crippen molar-refractivity contribution in [1.82, 2.24) is 10.0 Å². The number of hydrogen-bond donors (Lipinski definition) is 3. The molecule has 1 aliphatic rings. The van der Waals surface area contributed by atoms with Gasteiger partial charge in [-0.1, -0.05) is 25.1 Å². The van der Waals surface area contributed by atoms with Crippen LogP contribution in [-0.4, -0.2) is 33.3 Å². The van der Waals surface area contributed by atoms with Gasteiger partial charge in [-0.2, -0.15) is 0 Å². The first kappa shape index (κ1) is 23.8. The Hall–Kier alpha value is -1.87. The van der Waals surface area contributed by atoms with Crippen LogP contribution < -0.4 is 15.8 Å². The van der Waals surface area contributed by atoms with Gasteiger partial charge in [0, 0.05) is 30.7 Å². The second-order valence-electron chi connectivity index (χ2n) is 8.38. The molecular formula is C23H31F2N3O2S. The van der Waals surface area contributed by atoms with Crippen molar-refractivity contribution in [2.45, 2.75) is 57.2 Å². The molecule has 3 atom stereocenters. The minimum atomic E-state index is -3.55. The third kappa shape index (κ3) is 6.80. The molecule has 2 aromatic carbocycles. The van der Waals surface area contributed by atoms with Crippen LogP contribution in [0, 0.1) is 11.6 Å². The predicted octanol–water partition coefficient (Wildman–Crippen LogP) is 2.98. The molecule has 0 saturated heterocycles. The van der Waals surface area contributed by atoms with Crippen molar-refractivity contribution in [2.75, 3.05) is 12.8 Å². The van der Waals surface area contributed by atoms with Crippen LogP contribution in [0.15, 0.2) is 36.4 Å². The van der Waals surface area contributed by atoms with Crippen molar-refractivity contribution in [1.29, 1.82) is 0 Å². The summed E-state index contributed by atoms with van der Waals surface area (Å²) >= 11 is 0. The van der Waals surface area contributed by atoms with Gasteiger partial charge in [0.05, 0.1) is 6.26 Å². The molecule has 31 heavy (non-hydrogen) atoms. The molecule has 1 aliphatic carbocycles. The molecule has 3 rings (SSSR count). The molecule has 0 aromatic heterocycles. The third-order valence-corrected chi connectivity index (χ3v) is 6.52. The quantitative estimate of drug-likeness (QED) is 0.547. The van der Waals surface area contributed by atoms with Crippen LogP contribution in [0.5, 0.6) is 0 Å². The average Bonchev–Trinajstić information content (AvgIpc) is 2.69. The minimum Gasteiger partial charge on any atom is -0.325 e. The van der Waals surface area contributed by atoms with Crippen LogP contribution in [0.3, 0.4) is 0 Å². The Morgan fingerprint density at radius 1 is 1.13 bits per heavy atom. The van der Waals surface area contributed by atoms with Gasteiger partial charge in [0.2, 0.25) is 10.0 Å². The number of nitrogens with one attached hydrogen (secondary N) is 2. The van der Waals surface area contributed by atoms with Gasteiger partial charge in [-0.25, -0.2) is 21.9 Å². The summed E-state index contributed by atoms with van der Waals surface area (Å²) in [4.78, 5) is 0. The molecule has 0 fully saturated rings. The van der Waals surface area contributed by atoms with Crippen LogP contribution in [0.25, 0.3) is 0 Å². The topological polar surface area (TPSA) is 84.2 Å². The van der Waals surface area contributed by atoms with Gasteiger partial charge in [-0.3, -0.25) is 0 Å². The lowest BCUT2D eigenvalue weighted by Crippen LogP contribution is -2.53. The van der Waals surface area contributed by atoms with E-state index in [4.69, 9.17) is 5.73 Å². The largest absolute Gasteiger partial charge is 0.325 e. The maximum atomic E-state index is 13.6. The first-order chi connectivity index (χ1) is 14.6. The van der Waals surface area contributed by atoms with E-state index in [9.17, 15) is 17.2 Å². The molecule has 2 aromatic rings. The molecule has 170 valence electrons. The normalized spacial score (nSPS) is 18.4. The summed E-state index contributed by atoms with van der Waals surface area (Å²) in [6, 6.07) is 8.63. The van der Waals surface area contributed by atoms with E-state index >= 15 is 0 Å². The Morgan fingerprint density at radius 2 is 1.84 bits per heavy atom. The van der Waals surface area contributed by atoms with E-state index in [1.807, 2.05) is 0 Å². The van der Waals surface area contributed by atoms with Gasteiger partial charge >= 0.3 is 0 Å². The molecular weight excluding hydrogens is 420 g/mol. The number of aryl methyl sites for hydroxylation is 2. The van der Waals surface area contributed by atoms with E-state index < -0.39 is 33.7 Å². The second kappa shape index (κ2) is 10.2. The zero-order valence-electron chi connectivity index (χ0n) is 18.0. The fraction of sp³-hybridized carbons (Fsp3) is 0.478. The number of sulfonamides is 1. The van der Waals surface area contributed by atoms with Crippen molar-refractivity contribution in [3.8, 4) is 0 Å². The van der Waals surface area contributed by atoms with Gasteiger partial charge in [-0.15, -0.1) is 0 Å². The Labute approximate surface area is 183 Å². The van der Waals surface area contributed by atoms with Crippen molar-refractivity contribution >= 4 is 10.0 Å². The van der Waals surface area contributed by atoms with E-state index in [1.165, 1.54) is 28.8 Å². The molecule has 0 bridgehead atoms. The van der Waals surface area contributed by atoms with Crippen molar-refractivity contribution in [2.24, 2.45) is 5.73 Å². The van der Waals surface area contributed by atoms with E-state index in [-0.39, 0.29) is 12.5 Å². The fourth-order valence-electron chi connectivity index (χ4n) is 4.24. The number of fused-ring (bicyclic) bond motifs is 1. The molecule has 5 nitrogen and oxygen atoms in total. The van der Waals surface area contributed by atoms with E-state index in [2.05, 4.69) is 35.2 Å². The molecule has 0 unspecified atom stereocenters. The lowest BCUT2D eigenvalue weighted by atomic mass is 9.86. The highest BCUT2D eigenvalue weighted by molar-refractivity contribution is 7.88. The molecule has 8 heteroatoms. The highest BCUT2D eigenvalue weighted by atomic mass is 32.2.